The molecule has 0 radical (unpaired) electrons. The number of hydrogen-bond donors (Lipinski definition) is 2. The lowest BCUT2D eigenvalue weighted by Gasteiger charge is -2.28. The van der Waals surface area contributed by atoms with Crippen LogP contribution in [0.5, 0.6) is 0 Å². The first-order valence-electron chi connectivity index (χ1n) is 7.19. The van der Waals surface area contributed by atoms with Crippen LogP contribution in [0.15, 0.2) is 15.4 Å². The number of carboxylic acids is 1. The highest BCUT2D eigenvalue weighted by molar-refractivity contribution is 7.89. The largest absolute Gasteiger partial charge is 0.475 e. The highest BCUT2D eigenvalue weighted by Crippen LogP contribution is 2.28. The molecule has 1 heterocycles. The molecular formula is C14H21NO5S. The third kappa shape index (κ3) is 3.65. The molecule has 0 aliphatic heterocycles. The summed E-state index contributed by atoms with van der Waals surface area (Å²) in [7, 11) is -3.73. The molecule has 0 spiro atoms. The van der Waals surface area contributed by atoms with Gasteiger partial charge < -0.3 is 9.52 Å². The van der Waals surface area contributed by atoms with Crippen molar-refractivity contribution in [1.29, 1.82) is 0 Å². The van der Waals surface area contributed by atoms with E-state index < -0.39 is 16.0 Å². The van der Waals surface area contributed by atoms with Crippen LogP contribution in [0.3, 0.4) is 0 Å². The number of aryl methyl sites for hydroxylation is 1. The Morgan fingerprint density at radius 2 is 2.00 bits per heavy atom. The van der Waals surface area contributed by atoms with Crippen LogP contribution >= 0.6 is 0 Å². The number of carbonyl (C=O) groups is 1. The average Bonchev–Trinajstić information content (AvgIpc) is 2.82. The summed E-state index contributed by atoms with van der Waals surface area (Å²) < 4.78 is 32.3. The van der Waals surface area contributed by atoms with Crippen molar-refractivity contribution < 1.29 is 22.7 Å². The van der Waals surface area contributed by atoms with E-state index in [2.05, 4.69) is 11.6 Å². The summed E-state index contributed by atoms with van der Waals surface area (Å²) in [6.07, 6.45) is 4.81. The molecule has 7 heteroatoms. The van der Waals surface area contributed by atoms with Gasteiger partial charge in [0.15, 0.2) is 0 Å². The van der Waals surface area contributed by atoms with Crippen molar-refractivity contribution >= 4 is 16.0 Å². The normalized spacial score (nSPS) is 23.1. The van der Waals surface area contributed by atoms with Gasteiger partial charge in [0.1, 0.15) is 10.7 Å². The zero-order valence-electron chi connectivity index (χ0n) is 12.3. The molecule has 1 aliphatic rings. The Hall–Kier alpha value is -1.34. The van der Waals surface area contributed by atoms with Gasteiger partial charge in [-0.2, -0.15) is 0 Å². The zero-order valence-corrected chi connectivity index (χ0v) is 13.1. The molecule has 1 aromatic heterocycles. The fourth-order valence-corrected chi connectivity index (χ4v) is 4.29. The fraction of sp³-hybridized carbons (Fsp3) is 0.643. The molecule has 0 atom stereocenters. The number of hydrogen-bond acceptors (Lipinski definition) is 4. The summed E-state index contributed by atoms with van der Waals surface area (Å²) in [6, 6.07) is 0.984. The second-order valence-corrected chi connectivity index (χ2v) is 7.27. The molecule has 1 aromatic rings. The van der Waals surface area contributed by atoms with Crippen molar-refractivity contribution in [3.63, 3.8) is 0 Å². The van der Waals surface area contributed by atoms with E-state index in [0.29, 0.717) is 5.92 Å². The number of aromatic carboxylic acids is 1. The average molecular weight is 315 g/mol. The van der Waals surface area contributed by atoms with Crippen molar-refractivity contribution in [3.05, 3.63) is 17.6 Å². The van der Waals surface area contributed by atoms with Crippen LogP contribution < -0.4 is 4.72 Å². The molecular weight excluding hydrogens is 294 g/mol. The van der Waals surface area contributed by atoms with Gasteiger partial charge in [0, 0.05) is 12.1 Å². The number of furan rings is 1. The first kappa shape index (κ1) is 16.0. The van der Waals surface area contributed by atoms with Crippen LogP contribution in [0.4, 0.5) is 0 Å². The van der Waals surface area contributed by atoms with Gasteiger partial charge in [-0.05, 0) is 38.5 Å². The highest BCUT2D eigenvalue weighted by atomic mass is 32.2. The molecule has 6 nitrogen and oxygen atoms in total. The lowest BCUT2D eigenvalue weighted by Crippen LogP contribution is -2.37. The summed E-state index contributed by atoms with van der Waals surface area (Å²) >= 11 is 0. The predicted molar refractivity (Wildman–Crippen MR) is 76.8 cm³/mol. The number of nitrogens with one attached hydrogen (secondary N) is 1. The van der Waals surface area contributed by atoms with E-state index in [1.165, 1.54) is 6.92 Å². The van der Waals surface area contributed by atoms with Gasteiger partial charge in [0.2, 0.25) is 15.8 Å². The molecule has 0 bridgehead atoms. The molecule has 118 valence electrons. The van der Waals surface area contributed by atoms with E-state index in [-0.39, 0.29) is 22.5 Å². The summed E-state index contributed by atoms with van der Waals surface area (Å²) in [5.41, 5.74) is 0. The molecule has 2 N–H and O–H groups in total. The SMILES string of the molecule is CCC1CCC(NS(=O)(=O)c2cc(C(=O)O)oc2C)CC1. The van der Waals surface area contributed by atoms with Crippen LogP contribution in [0.2, 0.25) is 0 Å². The Morgan fingerprint density at radius 3 is 2.48 bits per heavy atom. The molecule has 0 amide bonds. The maximum atomic E-state index is 12.3. The third-order valence-corrected chi connectivity index (χ3v) is 5.75. The summed E-state index contributed by atoms with van der Waals surface area (Å²) in [5, 5.41) is 8.86. The topological polar surface area (TPSA) is 96.6 Å². The van der Waals surface area contributed by atoms with Gasteiger partial charge in [-0.15, -0.1) is 0 Å². The van der Waals surface area contributed by atoms with E-state index in [0.717, 1.165) is 38.2 Å². The molecule has 0 unspecified atom stereocenters. The number of sulfonamides is 1. The van der Waals surface area contributed by atoms with E-state index in [4.69, 9.17) is 9.52 Å². The third-order valence-electron chi connectivity index (χ3n) is 4.12. The molecule has 1 fully saturated rings. The van der Waals surface area contributed by atoms with E-state index in [9.17, 15) is 13.2 Å². The molecule has 0 aromatic carbocycles. The molecule has 21 heavy (non-hydrogen) atoms. The Morgan fingerprint density at radius 1 is 1.38 bits per heavy atom. The Bertz CT molecular complexity index is 611. The molecule has 0 saturated heterocycles. The standard InChI is InChI=1S/C14H21NO5S/c1-3-10-4-6-11(7-5-10)15-21(18,19)13-8-12(14(16)17)20-9(13)2/h8,10-11,15H,3-7H2,1-2H3,(H,16,17). The predicted octanol–water partition coefficient (Wildman–Crippen LogP) is 2.53. The monoisotopic (exact) mass is 315 g/mol. The first-order valence-corrected chi connectivity index (χ1v) is 8.68. The number of carboxylic acid groups (broad SMARTS) is 1. The van der Waals surface area contributed by atoms with Gasteiger partial charge in [-0.25, -0.2) is 17.9 Å². The lowest BCUT2D eigenvalue weighted by atomic mass is 9.85. The van der Waals surface area contributed by atoms with E-state index in [1.807, 2.05) is 0 Å². The van der Waals surface area contributed by atoms with Gasteiger partial charge >= 0.3 is 5.97 Å². The van der Waals surface area contributed by atoms with Crippen LogP contribution in [0.25, 0.3) is 0 Å². The van der Waals surface area contributed by atoms with Crippen molar-refractivity contribution in [1.82, 2.24) is 4.72 Å². The van der Waals surface area contributed by atoms with Gasteiger partial charge in [0.05, 0.1) is 0 Å². The highest BCUT2D eigenvalue weighted by Gasteiger charge is 2.28. The van der Waals surface area contributed by atoms with E-state index >= 15 is 0 Å². The molecule has 1 aliphatic carbocycles. The second-order valence-electron chi connectivity index (χ2n) is 5.58. The fourth-order valence-electron chi connectivity index (χ4n) is 2.81. The van der Waals surface area contributed by atoms with Crippen molar-refractivity contribution in [2.24, 2.45) is 5.92 Å². The molecule has 2 rings (SSSR count). The van der Waals surface area contributed by atoms with Gasteiger partial charge in [-0.1, -0.05) is 13.3 Å². The minimum absolute atomic E-state index is 0.0830. The second kappa shape index (κ2) is 6.19. The summed E-state index contributed by atoms with van der Waals surface area (Å²) in [6.45, 7) is 3.60. The Labute approximate surface area is 124 Å². The smallest absolute Gasteiger partial charge is 0.371 e. The Balaban J connectivity index is 2.10. The van der Waals surface area contributed by atoms with Crippen molar-refractivity contribution in [3.8, 4) is 0 Å². The van der Waals surface area contributed by atoms with Gasteiger partial charge in [-0.3, -0.25) is 0 Å². The first-order chi connectivity index (χ1) is 9.83. The van der Waals surface area contributed by atoms with Crippen LogP contribution in [0, 0.1) is 12.8 Å². The summed E-state index contributed by atoms with van der Waals surface area (Å²) in [4.78, 5) is 10.8. The summed E-state index contributed by atoms with van der Waals surface area (Å²) in [5.74, 6) is -0.854. The maximum absolute atomic E-state index is 12.3. The minimum Gasteiger partial charge on any atom is -0.475 e. The van der Waals surface area contributed by atoms with Crippen LogP contribution in [-0.2, 0) is 10.0 Å². The van der Waals surface area contributed by atoms with Crippen LogP contribution in [-0.4, -0.2) is 25.5 Å². The number of rotatable bonds is 5. The van der Waals surface area contributed by atoms with Crippen LogP contribution in [0.1, 0.15) is 55.3 Å². The minimum atomic E-state index is -3.73. The maximum Gasteiger partial charge on any atom is 0.371 e. The quantitative estimate of drug-likeness (QED) is 0.870. The lowest BCUT2D eigenvalue weighted by molar-refractivity contribution is 0.0661. The van der Waals surface area contributed by atoms with Gasteiger partial charge in [0.25, 0.3) is 0 Å². The van der Waals surface area contributed by atoms with Crippen molar-refractivity contribution in [2.45, 2.75) is 56.9 Å². The van der Waals surface area contributed by atoms with Crippen molar-refractivity contribution in [2.75, 3.05) is 0 Å². The van der Waals surface area contributed by atoms with E-state index in [1.54, 1.807) is 0 Å². The molecule has 1 saturated carbocycles. The Kier molecular flexibility index (Phi) is 4.73. The zero-order chi connectivity index (χ0) is 15.6.